The Morgan fingerprint density at radius 2 is 1.78 bits per heavy atom. The first kappa shape index (κ1) is 20.7. The molecule has 0 unspecified atom stereocenters. The summed E-state index contributed by atoms with van der Waals surface area (Å²) in [4.78, 5) is 12.1. The Morgan fingerprint density at radius 1 is 1.11 bits per heavy atom. The average molecular weight is 375 g/mol. The number of hydrogen-bond donors (Lipinski definition) is 2. The van der Waals surface area contributed by atoms with E-state index < -0.39 is 0 Å². The van der Waals surface area contributed by atoms with Crippen LogP contribution >= 0.6 is 0 Å². The van der Waals surface area contributed by atoms with Gasteiger partial charge in [0.25, 0.3) is 5.91 Å². The van der Waals surface area contributed by atoms with Crippen molar-refractivity contribution in [1.29, 1.82) is 0 Å². The zero-order valence-electron chi connectivity index (χ0n) is 16.1. The third-order valence-electron chi connectivity index (χ3n) is 4.28. The van der Waals surface area contributed by atoms with Gasteiger partial charge in [-0.05, 0) is 24.3 Å². The van der Waals surface area contributed by atoms with Gasteiger partial charge in [0.1, 0.15) is 18.5 Å². The molecule has 0 aliphatic rings. The predicted octanol–water partition coefficient (Wildman–Crippen LogP) is 2.29. The summed E-state index contributed by atoms with van der Waals surface area (Å²) in [6.45, 7) is 5.24. The molecule has 0 aromatic heterocycles. The van der Waals surface area contributed by atoms with Crippen LogP contribution in [0.3, 0.4) is 0 Å². The number of carbonyl (C=O) groups excluding carboxylic acids is 1. The molecule has 0 saturated heterocycles. The lowest BCUT2D eigenvalue weighted by atomic mass is 9.96. The number of para-hydroxylation sites is 2. The molecule has 5 nitrogen and oxygen atoms in total. The first-order chi connectivity index (χ1) is 13.0. The van der Waals surface area contributed by atoms with Gasteiger partial charge in [-0.25, -0.2) is 4.39 Å². The SMILES string of the molecule is COc1ccccc1OCCNC(=O)C[NH2+][C@H](c1ccc(F)cc1)C(C)C. The number of nitrogens with two attached hydrogens (primary N) is 1. The summed E-state index contributed by atoms with van der Waals surface area (Å²) < 4.78 is 24.0. The van der Waals surface area contributed by atoms with Crippen LogP contribution in [-0.4, -0.2) is 32.7 Å². The van der Waals surface area contributed by atoms with Gasteiger partial charge in [0.2, 0.25) is 0 Å². The molecule has 2 aromatic carbocycles. The highest BCUT2D eigenvalue weighted by atomic mass is 19.1. The fourth-order valence-corrected chi connectivity index (χ4v) is 2.87. The third kappa shape index (κ3) is 6.57. The second kappa shape index (κ2) is 10.5. The molecule has 27 heavy (non-hydrogen) atoms. The number of benzene rings is 2. The highest BCUT2D eigenvalue weighted by molar-refractivity contribution is 5.76. The van der Waals surface area contributed by atoms with E-state index in [1.165, 1.54) is 12.1 Å². The van der Waals surface area contributed by atoms with Crippen molar-refractivity contribution in [2.75, 3.05) is 26.8 Å². The zero-order chi connectivity index (χ0) is 19.6. The number of halogens is 1. The van der Waals surface area contributed by atoms with Crippen LogP contribution in [0, 0.1) is 11.7 Å². The van der Waals surface area contributed by atoms with Crippen molar-refractivity contribution >= 4 is 5.91 Å². The molecule has 0 fully saturated rings. The van der Waals surface area contributed by atoms with Crippen LogP contribution < -0.4 is 20.1 Å². The summed E-state index contributed by atoms with van der Waals surface area (Å²) >= 11 is 0. The van der Waals surface area contributed by atoms with Gasteiger partial charge in [0.15, 0.2) is 18.0 Å². The van der Waals surface area contributed by atoms with E-state index in [2.05, 4.69) is 19.2 Å². The van der Waals surface area contributed by atoms with E-state index in [0.29, 0.717) is 37.1 Å². The van der Waals surface area contributed by atoms with Crippen LogP contribution in [0.15, 0.2) is 48.5 Å². The Hall–Kier alpha value is -2.60. The van der Waals surface area contributed by atoms with Crippen LogP contribution in [0.1, 0.15) is 25.5 Å². The van der Waals surface area contributed by atoms with Crippen LogP contribution in [0.2, 0.25) is 0 Å². The van der Waals surface area contributed by atoms with Crippen molar-refractivity contribution < 1.29 is 24.0 Å². The van der Waals surface area contributed by atoms with Gasteiger partial charge in [-0.1, -0.05) is 38.1 Å². The van der Waals surface area contributed by atoms with Gasteiger partial charge in [-0.15, -0.1) is 0 Å². The number of nitrogens with one attached hydrogen (secondary N) is 1. The molecule has 0 spiro atoms. The Balaban J connectivity index is 1.75. The van der Waals surface area contributed by atoms with Crippen LogP contribution in [0.4, 0.5) is 4.39 Å². The van der Waals surface area contributed by atoms with E-state index in [1.54, 1.807) is 19.2 Å². The summed E-state index contributed by atoms with van der Waals surface area (Å²) in [6.07, 6.45) is 0. The summed E-state index contributed by atoms with van der Waals surface area (Å²) in [6, 6.07) is 13.9. The molecular weight excluding hydrogens is 347 g/mol. The maximum atomic E-state index is 13.1. The molecule has 0 aliphatic carbocycles. The van der Waals surface area contributed by atoms with E-state index in [9.17, 15) is 9.18 Å². The lowest BCUT2D eigenvalue weighted by molar-refractivity contribution is -0.692. The molecule has 2 rings (SSSR count). The fourth-order valence-electron chi connectivity index (χ4n) is 2.87. The van der Waals surface area contributed by atoms with Crippen LogP contribution in [0.5, 0.6) is 11.5 Å². The topological polar surface area (TPSA) is 64.2 Å². The average Bonchev–Trinajstić information content (AvgIpc) is 2.66. The summed E-state index contributed by atoms with van der Waals surface area (Å²) in [5.41, 5.74) is 1.01. The van der Waals surface area contributed by atoms with Gasteiger partial charge in [-0.2, -0.15) is 0 Å². The molecule has 1 atom stereocenters. The maximum absolute atomic E-state index is 13.1. The van der Waals surface area contributed by atoms with Crippen molar-refractivity contribution in [3.8, 4) is 11.5 Å². The number of quaternary nitrogens is 1. The van der Waals surface area contributed by atoms with E-state index in [1.807, 2.05) is 29.6 Å². The first-order valence-electron chi connectivity index (χ1n) is 9.12. The summed E-state index contributed by atoms with van der Waals surface area (Å²) in [5, 5.41) is 4.83. The Bertz CT molecular complexity index is 720. The number of carbonyl (C=O) groups is 1. The summed E-state index contributed by atoms with van der Waals surface area (Å²) in [7, 11) is 1.59. The number of ether oxygens (including phenoxy) is 2. The molecule has 2 aromatic rings. The van der Waals surface area contributed by atoms with Gasteiger partial charge >= 0.3 is 0 Å². The van der Waals surface area contributed by atoms with Gasteiger partial charge in [0, 0.05) is 11.5 Å². The first-order valence-corrected chi connectivity index (χ1v) is 9.12. The molecule has 0 aliphatic heterocycles. The monoisotopic (exact) mass is 375 g/mol. The normalized spacial score (nSPS) is 11.9. The second-order valence-electron chi connectivity index (χ2n) is 6.61. The standard InChI is InChI=1S/C21H27FN2O3/c1-15(2)21(16-8-10-17(22)11-9-16)24-14-20(25)23-12-13-27-19-7-5-4-6-18(19)26-3/h4-11,15,21,24H,12-14H2,1-3H3,(H,23,25)/p+1/t21-/m0/s1. The van der Waals surface area contributed by atoms with E-state index >= 15 is 0 Å². The lowest BCUT2D eigenvalue weighted by Gasteiger charge is -2.19. The quantitative estimate of drug-likeness (QED) is 0.627. The van der Waals surface area contributed by atoms with Crippen LogP contribution in [0.25, 0.3) is 0 Å². The van der Waals surface area contributed by atoms with E-state index in [4.69, 9.17) is 9.47 Å². The largest absolute Gasteiger partial charge is 0.493 e. The van der Waals surface area contributed by atoms with Crippen molar-refractivity contribution in [2.24, 2.45) is 5.92 Å². The molecule has 146 valence electrons. The van der Waals surface area contributed by atoms with Gasteiger partial charge in [0.05, 0.1) is 13.7 Å². The van der Waals surface area contributed by atoms with Crippen molar-refractivity contribution in [2.45, 2.75) is 19.9 Å². The molecule has 3 N–H and O–H groups in total. The Labute approximate surface area is 159 Å². The lowest BCUT2D eigenvalue weighted by Crippen LogP contribution is -2.88. The number of methoxy groups -OCH3 is 1. The molecule has 6 heteroatoms. The predicted molar refractivity (Wildman–Crippen MR) is 102 cm³/mol. The summed E-state index contributed by atoms with van der Waals surface area (Å²) in [5.74, 6) is 1.31. The fraction of sp³-hybridized carbons (Fsp3) is 0.381. The minimum Gasteiger partial charge on any atom is -0.493 e. The third-order valence-corrected chi connectivity index (χ3v) is 4.28. The molecule has 0 saturated carbocycles. The molecule has 0 heterocycles. The minimum absolute atomic E-state index is 0.0635. The van der Waals surface area contributed by atoms with Crippen molar-refractivity contribution in [1.82, 2.24) is 5.32 Å². The maximum Gasteiger partial charge on any atom is 0.275 e. The highest BCUT2D eigenvalue weighted by Gasteiger charge is 2.20. The molecule has 0 bridgehead atoms. The van der Waals surface area contributed by atoms with Gasteiger partial charge < -0.3 is 20.1 Å². The van der Waals surface area contributed by atoms with Crippen LogP contribution in [-0.2, 0) is 4.79 Å². The van der Waals surface area contributed by atoms with E-state index in [-0.39, 0.29) is 17.8 Å². The molecular formula is C21H28FN2O3+. The number of amides is 1. The Morgan fingerprint density at radius 3 is 2.41 bits per heavy atom. The second-order valence-corrected chi connectivity index (χ2v) is 6.61. The van der Waals surface area contributed by atoms with Gasteiger partial charge in [-0.3, -0.25) is 4.79 Å². The Kier molecular flexibility index (Phi) is 8.07. The minimum atomic E-state index is -0.256. The van der Waals surface area contributed by atoms with Crippen molar-refractivity contribution in [3.05, 3.63) is 59.9 Å². The number of rotatable bonds is 10. The number of hydrogen-bond acceptors (Lipinski definition) is 3. The molecule has 0 radical (unpaired) electrons. The highest BCUT2D eigenvalue weighted by Crippen LogP contribution is 2.25. The van der Waals surface area contributed by atoms with Crippen molar-refractivity contribution in [3.63, 3.8) is 0 Å². The smallest absolute Gasteiger partial charge is 0.275 e. The molecule has 1 amide bonds. The zero-order valence-corrected chi connectivity index (χ0v) is 16.1. The van der Waals surface area contributed by atoms with E-state index in [0.717, 1.165) is 5.56 Å².